The van der Waals surface area contributed by atoms with Gasteiger partial charge in [-0.25, -0.2) is 9.87 Å². The third kappa shape index (κ3) is 7.57. The average molecular weight is 345 g/mol. The van der Waals surface area contributed by atoms with Gasteiger partial charge in [-0.2, -0.15) is 5.26 Å². The molecule has 0 aromatic heterocycles. The van der Waals surface area contributed by atoms with Gasteiger partial charge in [-0.15, -0.1) is 0 Å². The number of carbonyl (C=O) groups excluding carboxylic acids is 1. The van der Waals surface area contributed by atoms with Crippen LogP contribution in [-0.4, -0.2) is 20.4 Å². The Kier molecular flexibility index (Phi) is 11.3. The minimum Gasteiger partial charge on any atom is -0.353 e. The first kappa shape index (κ1) is 22.2. The van der Waals surface area contributed by atoms with Crippen LogP contribution >= 0.6 is 0 Å². The maximum Gasteiger partial charge on any atom is 0.152 e. The molecule has 25 heavy (non-hydrogen) atoms. The van der Waals surface area contributed by atoms with E-state index in [4.69, 9.17) is 5.26 Å². The molecule has 0 aliphatic heterocycles. The molecule has 0 saturated carbocycles. The fourth-order valence-corrected chi connectivity index (χ4v) is 1.70. The largest absolute Gasteiger partial charge is 0.353 e. The molecule has 0 radical (unpaired) electrons. The zero-order valence-corrected chi connectivity index (χ0v) is 15.2. The van der Waals surface area contributed by atoms with Crippen LogP contribution in [-0.2, 0) is 4.84 Å². The molecule has 0 saturated heterocycles. The third-order valence-electron chi connectivity index (χ3n) is 2.91. The highest BCUT2D eigenvalue weighted by atomic mass is 19.1. The Morgan fingerprint density at radius 3 is 2.28 bits per heavy atom. The Morgan fingerprint density at radius 2 is 1.80 bits per heavy atom. The number of nitrogens with zero attached hydrogens (tertiary/aromatic N) is 1. The lowest BCUT2D eigenvalue weighted by molar-refractivity contribution is 0.112. The van der Waals surface area contributed by atoms with Crippen molar-refractivity contribution in [2.45, 2.75) is 20.8 Å². The molecule has 2 aromatic carbocycles. The number of nitriles is 1. The summed E-state index contributed by atoms with van der Waals surface area (Å²) in [6.07, 6.45) is 0.662. The quantitative estimate of drug-likeness (QED) is 0.636. The highest BCUT2D eigenvalue weighted by molar-refractivity contribution is 5.86. The number of hydrogen-bond acceptors (Lipinski definition) is 5. The second-order valence-corrected chi connectivity index (χ2v) is 4.55. The van der Waals surface area contributed by atoms with E-state index in [1.54, 1.807) is 39.3 Å². The maximum absolute atomic E-state index is 13.7. The number of benzene rings is 2. The van der Waals surface area contributed by atoms with Crippen LogP contribution in [0.4, 0.5) is 15.8 Å². The molecule has 2 rings (SSSR count). The minimum atomic E-state index is -0.404. The predicted octanol–water partition coefficient (Wildman–Crippen LogP) is 4.36. The van der Waals surface area contributed by atoms with Crippen LogP contribution in [0.15, 0.2) is 36.4 Å². The van der Waals surface area contributed by atoms with Crippen LogP contribution in [0, 0.1) is 24.1 Å². The number of hydroxylamine groups is 1. The first-order valence-electron chi connectivity index (χ1n) is 7.78. The smallest absolute Gasteiger partial charge is 0.152 e. The van der Waals surface area contributed by atoms with Crippen molar-refractivity contribution in [3.05, 3.63) is 58.9 Å². The number of nitrogens with one attached hydrogen (secondary N) is 2. The van der Waals surface area contributed by atoms with Crippen LogP contribution in [0.5, 0.6) is 0 Å². The Balaban J connectivity index is 0.000000845. The number of aryl methyl sites for hydroxylation is 1. The number of rotatable bonds is 4. The number of aldehydes is 1. The van der Waals surface area contributed by atoms with Gasteiger partial charge in [0.05, 0.1) is 30.1 Å². The van der Waals surface area contributed by atoms with Crippen LogP contribution in [0.2, 0.25) is 0 Å². The zero-order valence-electron chi connectivity index (χ0n) is 15.2. The van der Waals surface area contributed by atoms with Gasteiger partial charge >= 0.3 is 0 Å². The summed E-state index contributed by atoms with van der Waals surface area (Å²) in [6, 6.07) is 11.3. The molecular formula is C19H24FN3O2. The Morgan fingerprint density at radius 1 is 1.16 bits per heavy atom. The van der Waals surface area contributed by atoms with E-state index in [2.05, 4.69) is 15.6 Å². The summed E-state index contributed by atoms with van der Waals surface area (Å²) >= 11 is 0. The molecule has 6 heteroatoms. The molecule has 0 amide bonds. The fraction of sp³-hybridized carbons (Fsp3) is 0.263. The van der Waals surface area contributed by atoms with E-state index in [1.807, 2.05) is 19.9 Å². The number of carbonyl (C=O) groups is 1. The second-order valence-electron chi connectivity index (χ2n) is 4.55. The summed E-state index contributed by atoms with van der Waals surface area (Å²) in [4.78, 5) is 15.2. The Labute approximate surface area is 148 Å². The predicted molar refractivity (Wildman–Crippen MR) is 98.4 cm³/mol. The standard InChI is InChI=1S/C15H11FN2O.C2H7NO.C2H6/c1-10-2-5-14(13(16)6-10)18-15-7-11(8-17)3-4-12(15)9-19;1-3-4-2;1-2/h2-7,9,18H,1H3;3H,1-2H3;1-2H3. The monoisotopic (exact) mass is 345 g/mol. The molecule has 0 spiro atoms. The Hall–Kier alpha value is -2.75. The molecule has 5 nitrogen and oxygen atoms in total. The molecule has 2 aromatic rings. The van der Waals surface area contributed by atoms with Crippen LogP contribution in [0.25, 0.3) is 0 Å². The van der Waals surface area contributed by atoms with E-state index >= 15 is 0 Å². The van der Waals surface area contributed by atoms with Crippen molar-refractivity contribution >= 4 is 17.7 Å². The average Bonchev–Trinajstić information content (AvgIpc) is 2.65. The summed E-state index contributed by atoms with van der Waals surface area (Å²) in [5, 5.41) is 11.7. The van der Waals surface area contributed by atoms with Crippen LogP contribution in [0.3, 0.4) is 0 Å². The molecule has 0 bridgehead atoms. The molecule has 0 heterocycles. The van der Waals surface area contributed by atoms with E-state index in [9.17, 15) is 9.18 Å². The lowest BCUT2D eigenvalue weighted by Crippen LogP contribution is -2.00. The fourth-order valence-electron chi connectivity index (χ4n) is 1.70. The van der Waals surface area contributed by atoms with E-state index in [0.717, 1.165) is 5.56 Å². The number of halogens is 1. The molecule has 134 valence electrons. The van der Waals surface area contributed by atoms with Crippen molar-refractivity contribution < 1.29 is 14.0 Å². The minimum absolute atomic E-state index is 0.267. The highest BCUT2D eigenvalue weighted by Crippen LogP contribution is 2.24. The maximum atomic E-state index is 13.7. The van der Waals surface area contributed by atoms with Gasteiger partial charge in [0.25, 0.3) is 0 Å². The molecule has 0 atom stereocenters. The topological polar surface area (TPSA) is 74.2 Å². The summed E-state index contributed by atoms with van der Waals surface area (Å²) in [7, 11) is 3.28. The van der Waals surface area contributed by atoms with Gasteiger partial charge in [-0.3, -0.25) is 4.79 Å². The molecule has 0 aliphatic carbocycles. The van der Waals surface area contributed by atoms with Gasteiger partial charge < -0.3 is 10.2 Å². The van der Waals surface area contributed by atoms with Gasteiger partial charge in [0, 0.05) is 12.6 Å². The van der Waals surface area contributed by atoms with Gasteiger partial charge in [0.2, 0.25) is 0 Å². The lowest BCUT2D eigenvalue weighted by Gasteiger charge is -2.10. The summed E-state index contributed by atoms with van der Waals surface area (Å²) < 4.78 is 13.7. The van der Waals surface area contributed by atoms with Crippen molar-refractivity contribution in [1.29, 1.82) is 5.26 Å². The van der Waals surface area contributed by atoms with Crippen LogP contribution in [0.1, 0.15) is 35.3 Å². The summed E-state index contributed by atoms with van der Waals surface area (Å²) in [5.41, 5.74) is 4.70. The van der Waals surface area contributed by atoms with Crippen molar-refractivity contribution in [3.63, 3.8) is 0 Å². The van der Waals surface area contributed by atoms with Gasteiger partial charge in [-0.1, -0.05) is 19.9 Å². The molecule has 0 fully saturated rings. The molecule has 0 aliphatic rings. The third-order valence-corrected chi connectivity index (χ3v) is 2.91. The highest BCUT2D eigenvalue weighted by Gasteiger charge is 2.07. The number of anilines is 2. The van der Waals surface area contributed by atoms with Gasteiger partial charge in [-0.05, 0) is 42.8 Å². The van der Waals surface area contributed by atoms with Crippen LogP contribution < -0.4 is 10.8 Å². The van der Waals surface area contributed by atoms with E-state index in [1.165, 1.54) is 18.2 Å². The van der Waals surface area contributed by atoms with E-state index < -0.39 is 5.82 Å². The van der Waals surface area contributed by atoms with Crippen molar-refractivity contribution in [2.24, 2.45) is 0 Å². The first-order valence-corrected chi connectivity index (χ1v) is 7.78. The number of hydrogen-bond donors (Lipinski definition) is 2. The van der Waals surface area contributed by atoms with Crippen molar-refractivity contribution in [3.8, 4) is 6.07 Å². The van der Waals surface area contributed by atoms with E-state index in [-0.39, 0.29) is 5.69 Å². The van der Waals surface area contributed by atoms with Crippen molar-refractivity contribution in [2.75, 3.05) is 19.5 Å². The summed E-state index contributed by atoms with van der Waals surface area (Å²) in [6.45, 7) is 5.79. The molecule has 0 unspecified atom stereocenters. The normalized spacial score (nSPS) is 8.84. The zero-order chi connectivity index (χ0) is 19.2. The van der Waals surface area contributed by atoms with Gasteiger partial charge in [0.1, 0.15) is 5.82 Å². The van der Waals surface area contributed by atoms with Gasteiger partial charge in [0.15, 0.2) is 6.29 Å². The molecule has 2 N–H and O–H groups in total. The second kappa shape index (κ2) is 12.6. The molecular weight excluding hydrogens is 321 g/mol. The van der Waals surface area contributed by atoms with E-state index in [0.29, 0.717) is 23.1 Å². The lowest BCUT2D eigenvalue weighted by atomic mass is 10.1. The van der Waals surface area contributed by atoms with Crippen molar-refractivity contribution in [1.82, 2.24) is 5.48 Å². The Bertz CT molecular complexity index is 710. The first-order chi connectivity index (χ1) is 12.0. The SMILES string of the molecule is CC.CNOC.Cc1ccc(Nc2cc(C#N)ccc2C=O)c(F)c1. The summed E-state index contributed by atoms with van der Waals surface area (Å²) in [5.74, 6) is -0.404.